The predicted molar refractivity (Wildman–Crippen MR) is 133 cm³/mol. The topological polar surface area (TPSA) is 82.8 Å². The molecular weight excluding hydrogens is 394 g/mol. The summed E-state index contributed by atoms with van der Waals surface area (Å²) in [6.45, 7) is 3.03. The van der Waals surface area contributed by atoms with Crippen molar-refractivity contribution in [3.05, 3.63) is 114 Å². The first-order valence-corrected chi connectivity index (χ1v) is 10.8. The van der Waals surface area contributed by atoms with E-state index in [1.54, 1.807) is 6.20 Å². The Labute approximate surface area is 190 Å². The van der Waals surface area contributed by atoms with Gasteiger partial charge in [-0.1, -0.05) is 66.3 Å². The molecule has 0 saturated carbocycles. The summed E-state index contributed by atoms with van der Waals surface area (Å²) >= 11 is 0. The van der Waals surface area contributed by atoms with Crippen molar-refractivity contribution in [3.63, 3.8) is 0 Å². The zero-order valence-corrected chi connectivity index (χ0v) is 18.6. The molecule has 4 N–H and O–H groups in total. The molecule has 5 heteroatoms. The van der Waals surface area contributed by atoms with E-state index < -0.39 is 0 Å². The summed E-state index contributed by atoms with van der Waals surface area (Å²) in [6.07, 6.45) is 20.6. The number of aryl methyl sites for hydroxylation is 2. The Morgan fingerprint density at radius 2 is 1.88 bits per heavy atom. The molecule has 0 fully saturated rings. The molecule has 5 nitrogen and oxygen atoms in total. The van der Waals surface area contributed by atoms with Crippen molar-refractivity contribution >= 4 is 5.70 Å². The molecule has 0 saturated heterocycles. The van der Waals surface area contributed by atoms with Crippen LogP contribution in [0.25, 0.3) is 17.1 Å². The van der Waals surface area contributed by atoms with Gasteiger partial charge in [0.15, 0.2) is 0 Å². The Bertz CT molecular complexity index is 1100. The lowest BCUT2D eigenvalue weighted by Gasteiger charge is -2.02. The fourth-order valence-electron chi connectivity index (χ4n) is 3.21. The van der Waals surface area contributed by atoms with Gasteiger partial charge in [0.2, 0.25) is 0 Å². The largest absolute Gasteiger partial charge is 0.403 e. The summed E-state index contributed by atoms with van der Waals surface area (Å²) in [6, 6.07) is 14.3. The number of allylic oxidation sites excluding steroid dienone is 6. The van der Waals surface area contributed by atoms with E-state index in [2.05, 4.69) is 82.2 Å². The molecule has 2 aromatic heterocycles. The van der Waals surface area contributed by atoms with Gasteiger partial charge in [0, 0.05) is 30.7 Å². The quantitative estimate of drug-likeness (QED) is 0.435. The third-order valence-corrected chi connectivity index (χ3v) is 5.11. The molecule has 0 aliphatic rings. The molecular formula is C27H31N5. The van der Waals surface area contributed by atoms with Gasteiger partial charge in [-0.05, 0) is 43.9 Å². The van der Waals surface area contributed by atoms with Crippen molar-refractivity contribution in [1.29, 1.82) is 0 Å². The molecule has 0 spiro atoms. The number of rotatable bonds is 10. The van der Waals surface area contributed by atoms with Gasteiger partial charge in [0.1, 0.15) is 5.69 Å². The highest BCUT2D eigenvalue weighted by Crippen LogP contribution is 2.18. The number of aromatic nitrogens is 3. The monoisotopic (exact) mass is 425 g/mol. The van der Waals surface area contributed by atoms with Crippen molar-refractivity contribution in [1.82, 2.24) is 14.5 Å². The van der Waals surface area contributed by atoms with Gasteiger partial charge in [-0.25, -0.2) is 4.98 Å². The van der Waals surface area contributed by atoms with Gasteiger partial charge in [-0.15, -0.1) is 0 Å². The smallest absolute Gasteiger partial charge is 0.107 e. The normalized spacial score (nSPS) is 12.8. The molecule has 0 atom stereocenters. The molecule has 3 rings (SSSR count). The van der Waals surface area contributed by atoms with Crippen LogP contribution in [0.15, 0.2) is 103 Å². The second kappa shape index (κ2) is 12.1. The van der Waals surface area contributed by atoms with Crippen LogP contribution >= 0.6 is 0 Å². The van der Waals surface area contributed by atoms with Crippen molar-refractivity contribution in [2.45, 2.75) is 32.7 Å². The van der Waals surface area contributed by atoms with Crippen molar-refractivity contribution < 1.29 is 0 Å². The fraction of sp³-hybridized carbons (Fsp3) is 0.185. The van der Waals surface area contributed by atoms with Crippen molar-refractivity contribution in [2.24, 2.45) is 11.5 Å². The van der Waals surface area contributed by atoms with E-state index in [0.29, 0.717) is 5.70 Å². The molecule has 0 aliphatic heterocycles. The Morgan fingerprint density at radius 3 is 2.69 bits per heavy atom. The van der Waals surface area contributed by atoms with Gasteiger partial charge in [-0.2, -0.15) is 0 Å². The molecule has 0 unspecified atom stereocenters. The summed E-state index contributed by atoms with van der Waals surface area (Å²) in [5.74, 6) is 0. The van der Waals surface area contributed by atoms with E-state index in [1.165, 1.54) is 17.3 Å². The van der Waals surface area contributed by atoms with Crippen LogP contribution in [-0.2, 0) is 13.0 Å². The zero-order chi connectivity index (χ0) is 22.6. The van der Waals surface area contributed by atoms with Crippen LogP contribution < -0.4 is 11.5 Å². The van der Waals surface area contributed by atoms with Crippen LogP contribution in [-0.4, -0.2) is 14.5 Å². The van der Waals surface area contributed by atoms with Gasteiger partial charge in [0.05, 0.1) is 17.7 Å². The standard InChI is InChI=1S/C27H31N5/c1-22(13-14-23-11-7-5-8-12-23)10-6-3-2-4-9-17-32-20-27(31-21-32)26-18-24(15-16-30-26)25(29)19-28/h2-8,10-12,15-16,18-21H,9,13-14,17,28-29H2,1H3/b4-2+,6-3-,22-10+,25-19-. The number of pyridine rings is 1. The molecule has 2 heterocycles. The van der Waals surface area contributed by atoms with E-state index in [9.17, 15) is 0 Å². The lowest BCUT2D eigenvalue weighted by molar-refractivity contribution is 0.709. The summed E-state index contributed by atoms with van der Waals surface area (Å²) in [4.78, 5) is 8.85. The maximum atomic E-state index is 5.88. The van der Waals surface area contributed by atoms with Crippen molar-refractivity contribution in [3.8, 4) is 11.4 Å². The highest BCUT2D eigenvalue weighted by Gasteiger charge is 2.05. The van der Waals surface area contributed by atoms with Crippen LogP contribution in [0, 0.1) is 0 Å². The van der Waals surface area contributed by atoms with Crippen LogP contribution in [0.1, 0.15) is 30.9 Å². The van der Waals surface area contributed by atoms with E-state index in [0.717, 1.165) is 42.8 Å². The maximum Gasteiger partial charge on any atom is 0.107 e. The average Bonchev–Trinajstić information content (AvgIpc) is 3.31. The SMILES string of the molecule is C\C(=C/C=C\C=C\CCn1cnc(-c2cc(/C(N)=C/N)ccn2)c1)CCc1ccccc1. The number of nitrogens with two attached hydrogens (primary N) is 2. The highest BCUT2D eigenvalue weighted by molar-refractivity contribution is 5.66. The Kier molecular flexibility index (Phi) is 8.63. The second-order valence-electron chi connectivity index (χ2n) is 7.65. The molecule has 32 heavy (non-hydrogen) atoms. The van der Waals surface area contributed by atoms with Gasteiger partial charge in [-0.3, -0.25) is 4.98 Å². The number of hydrogen-bond donors (Lipinski definition) is 2. The number of nitrogens with zero attached hydrogens (tertiary/aromatic N) is 3. The predicted octanol–water partition coefficient (Wildman–Crippen LogP) is 5.24. The van der Waals surface area contributed by atoms with Gasteiger partial charge in [0.25, 0.3) is 0 Å². The lowest BCUT2D eigenvalue weighted by atomic mass is 10.1. The average molecular weight is 426 g/mol. The highest BCUT2D eigenvalue weighted by atomic mass is 15.0. The number of benzene rings is 1. The zero-order valence-electron chi connectivity index (χ0n) is 18.6. The first-order valence-electron chi connectivity index (χ1n) is 10.8. The van der Waals surface area contributed by atoms with E-state index >= 15 is 0 Å². The molecule has 0 amide bonds. The maximum absolute atomic E-state index is 5.88. The summed E-state index contributed by atoms with van der Waals surface area (Å²) < 4.78 is 2.06. The second-order valence-corrected chi connectivity index (χ2v) is 7.65. The third kappa shape index (κ3) is 7.13. The summed E-state index contributed by atoms with van der Waals surface area (Å²) in [5.41, 5.74) is 17.1. The van der Waals surface area contributed by atoms with E-state index in [1.807, 2.05) is 24.7 Å². The van der Waals surface area contributed by atoms with E-state index in [4.69, 9.17) is 11.5 Å². The first-order chi connectivity index (χ1) is 15.7. The summed E-state index contributed by atoms with van der Waals surface area (Å²) in [5, 5.41) is 0. The van der Waals surface area contributed by atoms with Crippen molar-refractivity contribution in [2.75, 3.05) is 0 Å². The Hall–Kier alpha value is -3.86. The molecule has 0 radical (unpaired) electrons. The van der Waals surface area contributed by atoms with Crippen LogP contribution in [0.4, 0.5) is 0 Å². The number of imidazole rings is 1. The van der Waals surface area contributed by atoms with Gasteiger partial charge < -0.3 is 16.0 Å². The minimum absolute atomic E-state index is 0.521. The fourth-order valence-corrected chi connectivity index (χ4v) is 3.21. The van der Waals surface area contributed by atoms with Crippen LogP contribution in [0.5, 0.6) is 0 Å². The summed E-state index contributed by atoms with van der Waals surface area (Å²) in [7, 11) is 0. The van der Waals surface area contributed by atoms with E-state index in [-0.39, 0.29) is 0 Å². The van der Waals surface area contributed by atoms with Gasteiger partial charge >= 0.3 is 0 Å². The Morgan fingerprint density at radius 1 is 1.03 bits per heavy atom. The minimum Gasteiger partial charge on any atom is -0.403 e. The molecule has 0 bridgehead atoms. The third-order valence-electron chi connectivity index (χ3n) is 5.11. The molecule has 164 valence electrons. The molecule has 3 aromatic rings. The molecule has 1 aromatic carbocycles. The molecule has 0 aliphatic carbocycles. The van der Waals surface area contributed by atoms with Crippen LogP contribution in [0.2, 0.25) is 0 Å². The lowest BCUT2D eigenvalue weighted by Crippen LogP contribution is -2.00. The minimum atomic E-state index is 0.521. The first kappa shape index (κ1) is 22.8. The number of hydrogen-bond acceptors (Lipinski definition) is 4. The van der Waals surface area contributed by atoms with Crippen LogP contribution in [0.3, 0.4) is 0 Å². The Balaban J connectivity index is 1.43.